The topological polar surface area (TPSA) is 26.3 Å². The van der Waals surface area contributed by atoms with E-state index in [1.54, 1.807) is 0 Å². The Morgan fingerprint density at radius 3 is 2.40 bits per heavy atom. The third kappa shape index (κ3) is 2.29. The van der Waals surface area contributed by atoms with Crippen molar-refractivity contribution in [2.45, 2.75) is 13.3 Å². The predicted octanol–water partition coefficient (Wildman–Crippen LogP) is 2.97. The number of carbonyl (C=O) groups excluding carboxylic acids is 1. The molecule has 5 heteroatoms. The van der Waals surface area contributed by atoms with Gasteiger partial charge in [-0.15, -0.1) is 0 Å². The molecule has 0 aliphatic carbocycles. The van der Waals surface area contributed by atoms with E-state index in [0.29, 0.717) is 0 Å². The summed E-state index contributed by atoms with van der Waals surface area (Å²) in [5, 5.41) is 0. The van der Waals surface area contributed by atoms with Gasteiger partial charge in [0.05, 0.1) is 12.7 Å². The summed E-state index contributed by atoms with van der Waals surface area (Å²) in [7, 11) is 1.14. The van der Waals surface area contributed by atoms with Crippen molar-refractivity contribution in [3.05, 3.63) is 29.1 Å². The summed E-state index contributed by atoms with van der Waals surface area (Å²) in [6.07, 6.45) is -2.97. The van der Waals surface area contributed by atoms with Crippen LogP contribution in [0.15, 0.2) is 12.1 Å². The molecule has 0 fully saturated rings. The number of alkyl halides is 2. The minimum atomic E-state index is -2.97. The lowest BCUT2D eigenvalue weighted by Gasteiger charge is -2.10. The van der Waals surface area contributed by atoms with Gasteiger partial charge in [0.25, 0.3) is 6.43 Å². The highest BCUT2D eigenvalue weighted by Crippen LogP contribution is 2.32. The smallest absolute Gasteiger partial charge is 0.270 e. The molecule has 0 aromatic heterocycles. The van der Waals surface area contributed by atoms with Gasteiger partial charge in [0.15, 0.2) is 5.78 Å². The fourth-order valence-electron chi connectivity index (χ4n) is 1.18. The number of hydrogen-bond donors (Lipinski definition) is 0. The fourth-order valence-corrected chi connectivity index (χ4v) is 1.18. The first-order valence-electron chi connectivity index (χ1n) is 4.14. The van der Waals surface area contributed by atoms with Crippen molar-refractivity contribution in [3.63, 3.8) is 0 Å². The molecule has 0 heterocycles. The molecule has 0 atom stereocenters. The van der Waals surface area contributed by atoms with Crippen molar-refractivity contribution >= 4 is 5.78 Å². The quantitative estimate of drug-likeness (QED) is 0.729. The molecule has 0 N–H and O–H groups in total. The maximum atomic E-state index is 13.2. The van der Waals surface area contributed by atoms with Gasteiger partial charge >= 0.3 is 0 Å². The van der Waals surface area contributed by atoms with Crippen LogP contribution in [-0.2, 0) is 0 Å². The maximum absolute atomic E-state index is 13.2. The first-order valence-corrected chi connectivity index (χ1v) is 4.14. The number of rotatable bonds is 3. The van der Waals surface area contributed by atoms with Gasteiger partial charge < -0.3 is 4.74 Å². The number of halogens is 3. The van der Waals surface area contributed by atoms with Crippen molar-refractivity contribution in [1.82, 2.24) is 0 Å². The Hall–Kier alpha value is -1.52. The van der Waals surface area contributed by atoms with Crippen LogP contribution >= 0.6 is 0 Å². The van der Waals surface area contributed by atoms with Crippen molar-refractivity contribution in [2.75, 3.05) is 7.11 Å². The summed E-state index contributed by atoms with van der Waals surface area (Å²) < 4.78 is 42.6. The van der Waals surface area contributed by atoms with Gasteiger partial charge in [-0.25, -0.2) is 13.2 Å². The van der Waals surface area contributed by atoms with Gasteiger partial charge in [0, 0.05) is 5.56 Å². The molecule has 15 heavy (non-hydrogen) atoms. The second-order valence-corrected chi connectivity index (χ2v) is 2.93. The number of hydrogen-bond acceptors (Lipinski definition) is 2. The second-order valence-electron chi connectivity index (χ2n) is 2.93. The van der Waals surface area contributed by atoms with Crippen LogP contribution in [0.4, 0.5) is 13.2 Å². The molecule has 0 spiro atoms. The van der Waals surface area contributed by atoms with Gasteiger partial charge in [0.1, 0.15) is 11.6 Å². The minimum absolute atomic E-state index is 0.00810. The third-order valence-electron chi connectivity index (χ3n) is 1.94. The number of benzene rings is 1. The summed E-state index contributed by atoms with van der Waals surface area (Å²) in [5.74, 6) is -1.85. The van der Waals surface area contributed by atoms with Crippen LogP contribution in [0.3, 0.4) is 0 Å². The highest BCUT2D eigenvalue weighted by Gasteiger charge is 2.21. The van der Waals surface area contributed by atoms with E-state index < -0.39 is 23.6 Å². The van der Waals surface area contributed by atoms with Crippen LogP contribution in [-0.4, -0.2) is 12.9 Å². The molecule has 0 unspecified atom stereocenters. The normalized spacial score (nSPS) is 10.5. The van der Waals surface area contributed by atoms with Gasteiger partial charge in [0.2, 0.25) is 0 Å². The van der Waals surface area contributed by atoms with E-state index in [-0.39, 0.29) is 11.3 Å². The number of ether oxygens (including phenoxy) is 1. The van der Waals surface area contributed by atoms with Crippen LogP contribution in [0.25, 0.3) is 0 Å². The minimum Gasteiger partial charge on any atom is -0.496 e. The first-order chi connectivity index (χ1) is 6.97. The molecule has 0 radical (unpaired) electrons. The Morgan fingerprint density at radius 2 is 2.00 bits per heavy atom. The van der Waals surface area contributed by atoms with E-state index in [1.807, 2.05) is 0 Å². The van der Waals surface area contributed by atoms with Crippen molar-refractivity contribution < 1.29 is 22.7 Å². The van der Waals surface area contributed by atoms with E-state index in [9.17, 15) is 18.0 Å². The Kier molecular flexibility index (Phi) is 3.34. The molecule has 1 aromatic rings. The lowest BCUT2D eigenvalue weighted by molar-refractivity contribution is 0.101. The molecule has 1 aromatic carbocycles. The average molecular weight is 218 g/mol. The Labute approximate surface area is 84.7 Å². The molecule has 0 aliphatic heterocycles. The number of ketones is 1. The Balaban J connectivity index is 3.37. The van der Waals surface area contributed by atoms with Crippen LogP contribution in [0.5, 0.6) is 5.75 Å². The van der Waals surface area contributed by atoms with Crippen LogP contribution in [0.1, 0.15) is 29.3 Å². The van der Waals surface area contributed by atoms with Crippen LogP contribution < -0.4 is 4.74 Å². The molecule has 0 bridgehead atoms. The molecule has 0 aliphatic rings. The van der Waals surface area contributed by atoms with Gasteiger partial charge in [-0.2, -0.15) is 0 Å². The molecule has 0 amide bonds. The van der Waals surface area contributed by atoms with Gasteiger partial charge in [-0.05, 0) is 19.1 Å². The second kappa shape index (κ2) is 4.33. The number of Topliss-reactive ketones (excluding diaryl/α,β-unsaturated/α-hetero) is 1. The summed E-state index contributed by atoms with van der Waals surface area (Å²) in [4.78, 5) is 10.9. The van der Waals surface area contributed by atoms with E-state index in [2.05, 4.69) is 4.74 Å². The molecule has 0 saturated carbocycles. The monoisotopic (exact) mass is 218 g/mol. The maximum Gasteiger partial charge on any atom is 0.270 e. The lowest BCUT2D eigenvalue weighted by atomic mass is 10.1. The highest BCUT2D eigenvalue weighted by molar-refractivity contribution is 5.94. The van der Waals surface area contributed by atoms with Gasteiger partial charge in [-0.3, -0.25) is 4.79 Å². The summed E-state index contributed by atoms with van der Waals surface area (Å²) in [5.41, 5.74) is -0.809. The van der Waals surface area contributed by atoms with Crippen molar-refractivity contribution in [3.8, 4) is 5.75 Å². The molecule has 1 rings (SSSR count). The predicted molar refractivity (Wildman–Crippen MR) is 47.9 cm³/mol. The van der Waals surface area contributed by atoms with E-state index >= 15 is 0 Å². The Morgan fingerprint density at radius 1 is 1.40 bits per heavy atom. The lowest BCUT2D eigenvalue weighted by Crippen LogP contribution is -2.01. The van der Waals surface area contributed by atoms with Crippen LogP contribution in [0.2, 0.25) is 0 Å². The molecular weight excluding hydrogens is 209 g/mol. The van der Waals surface area contributed by atoms with E-state index in [4.69, 9.17) is 0 Å². The standard InChI is InChI=1S/C10H9F3O2/c1-5(14)6-3-7(11)9(10(12)13)8(4-6)15-2/h3-4,10H,1-2H3. The number of methoxy groups -OCH3 is 1. The van der Waals surface area contributed by atoms with E-state index in [0.717, 1.165) is 19.2 Å². The largest absolute Gasteiger partial charge is 0.496 e. The first kappa shape index (κ1) is 11.6. The van der Waals surface area contributed by atoms with Crippen molar-refractivity contribution in [2.24, 2.45) is 0 Å². The highest BCUT2D eigenvalue weighted by atomic mass is 19.3. The molecular formula is C10H9F3O2. The zero-order valence-corrected chi connectivity index (χ0v) is 8.18. The SMILES string of the molecule is COc1cc(C(C)=O)cc(F)c1C(F)F. The van der Waals surface area contributed by atoms with Crippen LogP contribution in [0, 0.1) is 5.82 Å². The van der Waals surface area contributed by atoms with E-state index in [1.165, 1.54) is 6.92 Å². The summed E-state index contributed by atoms with van der Waals surface area (Å²) in [6, 6.07) is 1.89. The molecule has 82 valence electrons. The Bertz CT molecular complexity index is 388. The summed E-state index contributed by atoms with van der Waals surface area (Å²) >= 11 is 0. The zero-order valence-electron chi connectivity index (χ0n) is 8.18. The number of carbonyl (C=O) groups is 1. The fraction of sp³-hybridized carbons (Fsp3) is 0.300. The molecule has 2 nitrogen and oxygen atoms in total. The summed E-state index contributed by atoms with van der Waals surface area (Å²) in [6.45, 7) is 1.22. The molecule has 0 saturated heterocycles. The van der Waals surface area contributed by atoms with Crippen molar-refractivity contribution in [1.29, 1.82) is 0 Å². The van der Waals surface area contributed by atoms with Gasteiger partial charge in [-0.1, -0.05) is 0 Å². The average Bonchev–Trinajstić information content (AvgIpc) is 2.15. The zero-order chi connectivity index (χ0) is 11.6. The third-order valence-corrected chi connectivity index (χ3v) is 1.94.